The average Bonchev–Trinajstić information content (AvgIpc) is 2.85. The van der Waals surface area contributed by atoms with Gasteiger partial charge in [0.1, 0.15) is 5.54 Å². The predicted octanol–water partition coefficient (Wildman–Crippen LogP) is 2.42. The van der Waals surface area contributed by atoms with E-state index in [9.17, 15) is 9.90 Å². The van der Waals surface area contributed by atoms with Crippen molar-refractivity contribution in [1.82, 2.24) is 5.32 Å². The summed E-state index contributed by atoms with van der Waals surface area (Å²) in [5.74, 6) is -0.734. The van der Waals surface area contributed by atoms with Crippen LogP contribution in [0.25, 0.3) is 0 Å². The molecule has 0 amide bonds. The SMILES string of the molecule is CCN(c1cccc(C)c1)C1CCC(NC)(C(=O)O)C1. The van der Waals surface area contributed by atoms with E-state index < -0.39 is 11.5 Å². The molecule has 0 aliphatic heterocycles. The van der Waals surface area contributed by atoms with Crippen molar-refractivity contribution in [2.24, 2.45) is 0 Å². The molecule has 1 aliphatic rings. The van der Waals surface area contributed by atoms with Crippen LogP contribution in [-0.4, -0.2) is 36.2 Å². The van der Waals surface area contributed by atoms with Crippen molar-refractivity contribution in [3.8, 4) is 0 Å². The standard InChI is InChI=1S/C16H24N2O2/c1-4-18(13-7-5-6-12(2)10-13)14-8-9-16(11-14,17-3)15(19)20/h5-7,10,14,17H,4,8-9,11H2,1-3H3,(H,19,20). The summed E-state index contributed by atoms with van der Waals surface area (Å²) in [6.07, 6.45) is 2.25. The summed E-state index contributed by atoms with van der Waals surface area (Å²) in [7, 11) is 1.75. The van der Waals surface area contributed by atoms with Gasteiger partial charge < -0.3 is 15.3 Å². The highest BCUT2D eigenvalue weighted by Crippen LogP contribution is 2.35. The van der Waals surface area contributed by atoms with E-state index in [-0.39, 0.29) is 6.04 Å². The van der Waals surface area contributed by atoms with Gasteiger partial charge in [-0.05, 0) is 57.9 Å². The first kappa shape index (κ1) is 14.9. The van der Waals surface area contributed by atoms with Crippen LogP contribution < -0.4 is 10.2 Å². The van der Waals surface area contributed by atoms with Crippen molar-refractivity contribution in [3.05, 3.63) is 29.8 Å². The molecule has 2 rings (SSSR count). The summed E-state index contributed by atoms with van der Waals surface area (Å²) in [5, 5.41) is 12.5. The van der Waals surface area contributed by atoms with Crippen LogP contribution in [0.15, 0.2) is 24.3 Å². The Hall–Kier alpha value is -1.55. The molecule has 1 aromatic carbocycles. The molecule has 1 fully saturated rings. The van der Waals surface area contributed by atoms with Crippen LogP contribution in [0.3, 0.4) is 0 Å². The van der Waals surface area contributed by atoms with Crippen LogP contribution in [0.2, 0.25) is 0 Å². The van der Waals surface area contributed by atoms with E-state index in [4.69, 9.17) is 0 Å². The fourth-order valence-corrected chi connectivity index (χ4v) is 3.27. The van der Waals surface area contributed by atoms with Gasteiger partial charge in [-0.2, -0.15) is 0 Å². The van der Waals surface area contributed by atoms with Crippen molar-refractivity contribution in [3.63, 3.8) is 0 Å². The molecule has 110 valence electrons. The number of likely N-dealkylation sites (N-methyl/N-ethyl adjacent to an activating group) is 1. The summed E-state index contributed by atoms with van der Waals surface area (Å²) >= 11 is 0. The minimum atomic E-state index is -0.762. The van der Waals surface area contributed by atoms with Gasteiger partial charge in [-0.1, -0.05) is 12.1 Å². The van der Waals surface area contributed by atoms with E-state index in [1.54, 1.807) is 7.05 Å². The number of carboxylic acid groups (broad SMARTS) is 1. The van der Waals surface area contributed by atoms with Crippen molar-refractivity contribution in [1.29, 1.82) is 0 Å². The summed E-state index contributed by atoms with van der Waals surface area (Å²) in [4.78, 5) is 13.8. The molecular formula is C16H24N2O2. The minimum absolute atomic E-state index is 0.283. The number of nitrogens with one attached hydrogen (secondary N) is 1. The molecule has 2 atom stereocenters. The predicted molar refractivity (Wildman–Crippen MR) is 81.3 cm³/mol. The van der Waals surface area contributed by atoms with Gasteiger partial charge >= 0.3 is 5.97 Å². The third-order valence-corrected chi connectivity index (χ3v) is 4.49. The van der Waals surface area contributed by atoms with E-state index in [1.807, 2.05) is 0 Å². The first-order chi connectivity index (χ1) is 9.52. The second-order valence-electron chi connectivity index (χ2n) is 5.66. The van der Waals surface area contributed by atoms with Gasteiger partial charge in [-0.15, -0.1) is 0 Å². The number of hydrogen-bond acceptors (Lipinski definition) is 3. The van der Waals surface area contributed by atoms with E-state index in [0.29, 0.717) is 12.8 Å². The lowest BCUT2D eigenvalue weighted by molar-refractivity contribution is -0.144. The van der Waals surface area contributed by atoms with E-state index >= 15 is 0 Å². The van der Waals surface area contributed by atoms with Crippen LogP contribution in [0.4, 0.5) is 5.69 Å². The molecular weight excluding hydrogens is 252 g/mol. The van der Waals surface area contributed by atoms with Gasteiger partial charge in [0.05, 0.1) is 0 Å². The van der Waals surface area contributed by atoms with Crippen LogP contribution in [-0.2, 0) is 4.79 Å². The monoisotopic (exact) mass is 276 g/mol. The molecule has 0 aromatic heterocycles. The molecule has 0 bridgehead atoms. The quantitative estimate of drug-likeness (QED) is 0.867. The van der Waals surface area contributed by atoms with E-state index in [2.05, 4.69) is 48.3 Å². The molecule has 2 unspecified atom stereocenters. The molecule has 0 saturated heterocycles. The first-order valence-electron chi connectivity index (χ1n) is 7.28. The number of aryl methyl sites for hydroxylation is 1. The molecule has 2 N–H and O–H groups in total. The maximum atomic E-state index is 11.5. The van der Waals surface area contributed by atoms with Gasteiger partial charge in [0.15, 0.2) is 0 Å². The maximum absolute atomic E-state index is 11.5. The van der Waals surface area contributed by atoms with Crippen LogP contribution in [0.5, 0.6) is 0 Å². The number of aliphatic carboxylic acids is 1. The Kier molecular flexibility index (Phi) is 4.33. The Morgan fingerprint density at radius 3 is 2.80 bits per heavy atom. The van der Waals surface area contributed by atoms with Gasteiger partial charge in [-0.3, -0.25) is 4.79 Å². The molecule has 0 spiro atoms. The number of carboxylic acids is 1. The highest BCUT2D eigenvalue weighted by molar-refractivity contribution is 5.79. The highest BCUT2D eigenvalue weighted by atomic mass is 16.4. The zero-order valence-corrected chi connectivity index (χ0v) is 12.5. The summed E-state index contributed by atoms with van der Waals surface area (Å²) in [6.45, 7) is 5.11. The molecule has 20 heavy (non-hydrogen) atoms. The molecule has 1 aromatic rings. The topological polar surface area (TPSA) is 52.6 Å². The molecule has 4 nitrogen and oxygen atoms in total. The number of nitrogens with zero attached hydrogens (tertiary/aromatic N) is 1. The van der Waals surface area contributed by atoms with Gasteiger partial charge in [0.2, 0.25) is 0 Å². The summed E-state index contributed by atoms with van der Waals surface area (Å²) in [5.41, 5.74) is 1.66. The van der Waals surface area contributed by atoms with Gasteiger partial charge in [0.25, 0.3) is 0 Å². The third kappa shape index (κ3) is 2.66. The maximum Gasteiger partial charge on any atom is 0.323 e. The van der Waals surface area contributed by atoms with Gasteiger partial charge in [0, 0.05) is 18.3 Å². The zero-order valence-electron chi connectivity index (χ0n) is 12.5. The zero-order chi connectivity index (χ0) is 14.8. The Morgan fingerprint density at radius 1 is 1.55 bits per heavy atom. The molecule has 4 heteroatoms. The number of rotatable bonds is 5. The number of anilines is 1. The Morgan fingerprint density at radius 2 is 2.30 bits per heavy atom. The normalized spacial score (nSPS) is 25.6. The molecule has 0 radical (unpaired) electrons. The third-order valence-electron chi connectivity index (χ3n) is 4.49. The number of benzene rings is 1. The van der Waals surface area contributed by atoms with Crippen molar-refractivity contribution in [2.75, 3.05) is 18.5 Å². The smallest absolute Gasteiger partial charge is 0.323 e. The minimum Gasteiger partial charge on any atom is -0.480 e. The lowest BCUT2D eigenvalue weighted by Gasteiger charge is -2.32. The van der Waals surface area contributed by atoms with E-state index in [1.165, 1.54) is 11.3 Å². The van der Waals surface area contributed by atoms with Crippen molar-refractivity contribution >= 4 is 11.7 Å². The van der Waals surface area contributed by atoms with Crippen molar-refractivity contribution < 1.29 is 9.90 Å². The highest BCUT2D eigenvalue weighted by Gasteiger charge is 2.45. The first-order valence-corrected chi connectivity index (χ1v) is 7.28. The molecule has 0 heterocycles. The second-order valence-corrected chi connectivity index (χ2v) is 5.66. The lowest BCUT2D eigenvalue weighted by Crippen LogP contribution is -2.49. The Bertz CT molecular complexity index is 489. The average molecular weight is 276 g/mol. The number of hydrogen-bond donors (Lipinski definition) is 2. The second kappa shape index (κ2) is 5.83. The molecule has 1 saturated carbocycles. The number of carbonyl (C=O) groups is 1. The summed E-state index contributed by atoms with van der Waals surface area (Å²) < 4.78 is 0. The Labute approximate surface area is 120 Å². The van der Waals surface area contributed by atoms with Crippen molar-refractivity contribution in [2.45, 2.75) is 44.7 Å². The van der Waals surface area contributed by atoms with E-state index in [0.717, 1.165) is 13.0 Å². The van der Waals surface area contributed by atoms with Crippen LogP contribution >= 0.6 is 0 Å². The Balaban J connectivity index is 2.20. The largest absolute Gasteiger partial charge is 0.480 e. The fourth-order valence-electron chi connectivity index (χ4n) is 3.27. The van der Waals surface area contributed by atoms with Crippen LogP contribution in [0, 0.1) is 6.92 Å². The summed E-state index contributed by atoms with van der Waals surface area (Å²) in [6, 6.07) is 8.71. The molecule has 1 aliphatic carbocycles. The van der Waals surface area contributed by atoms with Gasteiger partial charge in [-0.25, -0.2) is 0 Å². The van der Waals surface area contributed by atoms with Crippen LogP contribution in [0.1, 0.15) is 31.7 Å². The fraction of sp³-hybridized carbons (Fsp3) is 0.562. The lowest BCUT2D eigenvalue weighted by atomic mass is 9.97.